The van der Waals surface area contributed by atoms with E-state index in [1.807, 2.05) is 0 Å². The van der Waals surface area contributed by atoms with Gasteiger partial charge in [0.25, 0.3) is 0 Å². The molecule has 0 spiro atoms. The van der Waals surface area contributed by atoms with E-state index in [2.05, 4.69) is 82.8 Å². The van der Waals surface area contributed by atoms with Crippen molar-refractivity contribution in [1.29, 1.82) is 0 Å². The van der Waals surface area contributed by atoms with E-state index in [-0.39, 0.29) is 0 Å². The number of hydrogen-bond acceptors (Lipinski definition) is 3. The van der Waals surface area contributed by atoms with Crippen molar-refractivity contribution in [2.45, 2.75) is 12.3 Å². The highest BCUT2D eigenvalue weighted by atomic mass is 15.2. The van der Waals surface area contributed by atoms with Crippen LogP contribution in [0.1, 0.15) is 23.5 Å². The fraction of sp³-hybridized carbons (Fsp3) is 0.391. The van der Waals surface area contributed by atoms with Crippen LogP contribution in [0.15, 0.2) is 72.8 Å². The Morgan fingerprint density at radius 1 is 0.962 bits per heavy atom. The molecule has 1 aliphatic rings. The van der Waals surface area contributed by atoms with Crippen LogP contribution in [0.5, 0.6) is 0 Å². The molecule has 0 amide bonds. The highest BCUT2D eigenvalue weighted by molar-refractivity contribution is 5.32. The highest BCUT2D eigenvalue weighted by Crippen LogP contribution is 2.27. The standard InChI is InChI=1S/C23H31N3/c1-20(19-26-16-14-24-15-17-26)18-25-13-12-23(21-8-4-2-5-9-21)22-10-6-3-7-11-22/h2-11,23-25H,1,12-19H2. The molecule has 3 nitrogen and oxygen atoms in total. The van der Waals surface area contributed by atoms with Gasteiger partial charge >= 0.3 is 0 Å². The Labute approximate surface area is 158 Å². The molecular formula is C23H31N3. The Kier molecular flexibility index (Phi) is 7.44. The summed E-state index contributed by atoms with van der Waals surface area (Å²) in [5.74, 6) is 0.436. The number of benzene rings is 2. The third kappa shape index (κ3) is 5.80. The lowest BCUT2D eigenvalue weighted by Crippen LogP contribution is -2.44. The number of piperazine rings is 1. The molecule has 0 aliphatic carbocycles. The maximum atomic E-state index is 4.26. The Morgan fingerprint density at radius 2 is 1.54 bits per heavy atom. The Morgan fingerprint density at radius 3 is 2.12 bits per heavy atom. The zero-order valence-corrected chi connectivity index (χ0v) is 15.7. The van der Waals surface area contributed by atoms with Crippen LogP contribution in [0.25, 0.3) is 0 Å². The van der Waals surface area contributed by atoms with Gasteiger partial charge < -0.3 is 10.6 Å². The second-order valence-corrected chi connectivity index (χ2v) is 7.12. The second-order valence-electron chi connectivity index (χ2n) is 7.12. The topological polar surface area (TPSA) is 27.3 Å². The van der Waals surface area contributed by atoms with Gasteiger partial charge in [-0.1, -0.05) is 67.2 Å². The molecule has 1 aliphatic heterocycles. The minimum Gasteiger partial charge on any atom is -0.314 e. The van der Waals surface area contributed by atoms with Crippen LogP contribution < -0.4 is 10.6 Å². The summed E-state index contributed by atoms with van der Waals surface area (Å²) in [4.78, 5) is 2.48. The summed E-state index contributed by atoms with van der Waals surface area (Å²) < 4.78 is 0. The molecule has 0 aromatic heterocycles. The molecule has 0 radical (unpaired) electrons. The minimum absolute atomic E-state index is 0.436. The molecule has 0 atom stereocenters. The van der Waals surface area contributed by atoms with E-state index in [9.17, 15) is 0 Å². The molecule has 0 saturated carbocycles. The zero-order chi connectivity index (χ0) is 18.0. The molecule has 1 fully saturated rings. The molecule has 2 N–H and O–H groups in total. The summed E-state index contributed by atoms with van der Waals surface area (Å²) in [6.45, 7) is 11.6. The van der Waals surface area contributed by atoms with Gasteiger partial charge in [-0.3, -0.25) is 4.90 Å². The molecule has 3 rings (SSSR count). The number of rotatable bonds is 9. The molecule has 26 heavy (non-hydrogen) atoms. The highest BCUT2D eigenvalue weighted by Gasteiger charge is 2.14. The third-order valence-corrected chi connectivity index (χ3v) is 5.05. The van der Waals surface area contributed by atoms with Crippen molar-refractivity contribution in [1.82, 2.24) is 15.5 Å². The van der Waals surface area contributed by atoms with Crippen molar-refractivity contribution in [3.63, 3.8) is 0 Å². The quantitative estimate of drug-likeness (QED) is 0.537. The van der Waals surface area contributed by atoms with Gasteiger partial charge in [0.05, 0.1) is 0 Å². The first-order chi connectivity index (χ1) is 12.8. The first-order valence-electron chi connectivity index (χ1n) is 9.73. The van der Waals surface area contributed by atoms with Crippen molar-refractivity contribution in [2.75, 3.05) is 45.8 Å². The lowest BCUT2D eigenvalue weighted by Gasteiger charge is -2.28. The van der Waals surface area contributed by atoms with E-state index < -0.39 is 0 Å². The van der Waals surface area contributed by atoms with Crippen molar-refractivity contribution in [2.24, 2.45) is 0 Å². The second kappa shape index (κ2) is 10.3. The van der Waals surface area contributed by atoms with Crippen LogP contribution in [0, 0.1) is 0 Å². The molecule has 2 aromatic rings. The first kappa shape index (κ1) is 18.8. The van der Waals surface area contributed by atoms with E-state index >= 15 is 0 Å². The van der Waals surface area contributed by atoms with E-state index in [0.717, 1.165) is 52.2 Å². The Balaban J connectivity index is 1.48. The van der Waals surface area contributed by atoms with Crippen LogP contribution in [-0.4, -0.2) is 50.7 Å². The number of nitrogens with zero attached hydrogens (tertiary/aromatic N) is 1. The smallest absolute Gasteiger partial charge is 0.0203 e. The molecule has 2 aromatic carbocycles. The summed E-state index contributed by atoms with van der Waals surface area (Å²) in [5.41, 5.74) is 4.06. The van der Waals surface area contributed by atoms with Gasteiger partial charge in [-0.15, -0.1) is 0 Å². The van der Waals surface area contributed by atoms with E-state index in [1.54, 1.807) is 0 Å². The summed E-state index contributed by atoms with van der Waals surface area (Å²) in [7, 11) is 0. The van der Waals surface area contributed by atoms with Gasteiger partial charge in [-0.05, 0) is 29.7 Å². The minimum atomic E-state index is 0.436. The van der Waals surface area contributed by atoms with Gasteiger partial charge in [0, 0.05) is 45.2 Å². The molecular weight excluding hydrogens is 318 g/mol. The normalized spacial score (nSPS) is 15.3. The molecule has 138 valence electrons. The summed E-state index contributed by atoms with van der Waals surface area (Å²) in [6.07, 6.45) is 1.09. The largest absolute Gasteiger partial charge is 0.314 e. The summed E-state index contributed by atoms with van der Waals surface area (Å²) >= 11 is 0. The Bertz CT molecular complexity index is 608. The molecule has 0 unspecified atom stereocenters. The molecule has 1 saturated heterocycles. The SMILES string of the molecule is C=C(CNCCC(c1ccccc1)c1ccccc1)CN1CCNCC1. The maximum Gasteiger partial charge on any atom is 0.0203 e. The van der Waals surface area contributed by atoms with Crippen molar-refractivity contribution in [3.8, 4) is 0 Å². The van der Waals surface area contributed by atoms with Gasteiger partial charge in [-0.2, -0.15) is 0 Å². The first-order valence-corrected chi connectivity index (χ1v) is 9.73. The average Bonchev–Trinajstić information content (AvgIpc) is 2.70. The lowest BCUT2D eigenvalue weighted by molar-refractivity contribution is 0.258. The maximum absolute atomic E-state index is 4.26. The van der Waals surface area contributed by atoms with Crippen molar-refractivity contribution in [3.05, 3.63) is 83.9 Å². The van der Waals surface area contributed by atoms with E-state index in [1.165, 1.54) is 16.7 Å². The van der Waals surface area contributed by atoms with E-state index in [4.69, 9.17) is 0 Å². The average molecular weight is 350 g/mol. The van der Waals surface area contributed by atoms with Gasteiger partial charge in [0.15, 0.2) is 0 Å². The van der Waals surface area contributed by atoms with Crippen LogP contribution in [0.3, 0.4) is 0 Å². The molecule has 1 heterocycles. The van der Waals surface area contributed by atoms with Gasteiger partial charge in [0.1, 0.15) is 0 Å². The summed E-state index contributed by atoms with van der Waals surface area (Å²) in [5, 5.41) is 7.00. The third-order valence-electron chi connectivity index (χ3n) is 5.05. The fourth-order valence-electron chi connectivity index (χ4n) is 3.65. The predicted octanol–water partition coefficient (Wildman–Crippen LogP) is 3.26. The molecule has 0 bridgehead atoms. The van der Waals surface area contributed by atoms with Crippen LogP contribution in [0.4, 0.5) is 0 Å². The zero-order valence-electron chi connectivity index (χ0n) is 15.7. The lowest BCUT2D eigenvalue weighted by atomic mass is 9.88. The monoisotopic (exact) mass is 349 g/mol. The van der Waals surface area contributed by atoms with Crippen molar-refractivity contribution < 1.29 is 0 Å². The number of hydrogen-bond donors (Lipinski definition) is 2. The predicted molar refractivity (Wildman–Crippen MR) is 111 cm³/mol. The summed E-state index contributed by atoms with van der Waals surface area (Å²) in [6, 6.07) is 21.7. The van der Waals surface area contributed by atoms with Crippen LogP contribution in [-0.2, 0) is 0 Å². The van der Waals surface area contributed by atoms with Gasteiger partial charge in [0.2, 0.25) is 0 Å². The Hall–Kier alpha value is -1.94. The van der Waals surface area contributed by atoms with Crippen LogP contribution in [0.2, 0.25) is 0 Å². The van der Waals surface area contributed by atoms with Crippen LogP contribution >= 0.6 is 0 Å². The van der Waals surface area contributed by atoms with Crippen molar-refractivity contribution >= 4 is 0 Å². The fourth-order valence-corrected chi connectivity index (χ4v) is 3.65. The number of nitrogens with one attached hydrogen (secondary N) is 2. The molecule has 3 heteroatoms. The van der Waals surface area contributed by atoms with E-state index in [0.29, 0.717) is 5.92 Å². The van der Waals surface area contributed by atoms with Gasteiger partial charge in [-0.25, -0.2) is 0 Å².